The van der Waals surface area contributed by atoms with Crippen molar-refractivity contribution in [3.8, 4) is 0 Å². The van der Waals surface area contributed by atoms with E-state index in [2.05, 4.69) is 4.72 Å². The van der Waals surface area contributed by atoms with Gasteiger partial charge < -0.3 is 4.90 Å². The predicted octanol–water partition coefficient (Wildman–Crippen LogP) is 0.928. The number of benzene rings is 1. The third kappa shape index (κ3) is 4.68. The number of rotatable bonds is 7. The van der Waals surface area contributed by atoms with Gasteiger partial charge in [-0.05, 0) is 71.6 Å². The molecule has 1 N–H and O–H groups in total. The molecule has 0 unspecified atom stereocenters. The Bertz CT molecular complexity index is 937. The largest absolute Gasteiger partial charge is 0.309 e. The van der Waals surface area contributed by atoms with Crippen LogP contribution in [-0.4, -0.2) is 60.6 Å². The second-order valence-electron chi connectivity index (χ2n) is 7.71. The van der Waals surface area contributed by atoms with Crippen molar-refractivity contribution < 1.29 is 21.6 Å². The van der Waals surface area contributed by atoms with Crippen molar-refractivity contribution >= 4 is 31.6 Å². The van der Waals surface area contributed by atoms with E-state index in [-0.39, 0.29) is 16.3 Å². The minimum Gasteiger partial charge on any atom is -0.309 e. The summed E-state index contributed by atoms with van der Waals surface area (Å²) >= 11 is 0. The Morgan fingerprint density at radius 2 is 1.89 bits per heavy atom. The molecule has 152 valence electrons. The number of sulfonamides is 2. The van der Waals surface area contributed by atoms with Crippen molar-refractivity contribution in [2.75, 3.05) is 37.2 Å². The van der Waals surface area contributed by atoms with Crippen LogP contribution >= 0.6 is 0 Å². The molecule has 0 spiro atoms. The van der Waals surface area contributed by atoms with Crippen molar-refractivity contribution in [1.29, 1.82) is 0 Å². The van der Waals surface area contributed by atoms with E-state index in [1.165, 1.54) is 18.2 Å². The first-order chi connectivity index (χ1) is 12.3. The second kappa shape index (κ2) is 7.50. The van der Waals surface area contributed by atoms with Crippen molar-refractivity contribution in [2.45, 2.75) is 32.1 Å². The van der Waals surface area contributed by atoms with Gasteiger partial charge in [-0.2, -0.15) is 0 Å². The molecule has 1 aromatic carbocycles. The van der Waals surface area contributed by atoms with Crippen LogP contribution in [0.25, 0.3) is 0 Å². The van der Waals surface area contributed by atoms with E-state index >= 15 is 0 Å². The zero-order valence-corrected chi connectivity index (χ0v) is 17.9. The lowest BCUT2D eigenvalue weighted by Crippen LogP contribution is -2.33. The number of aryl methyl sites for hydroxylation is 1. The minimum atomic E-state index is -3.77. The first-order valence-corrected chi connectivity index (χ1v) is 11.7. The molecule has 1 heterocycles. The molecule has 1 amide bonds. The maximum atomic E-state index is 12.5. The molecule has 27 heavy (non-hydrogen) atoms. The first-order valence-electron chi connectivity index (χ1n) is 8.60. The Labute approximate surface area is 161 Å². The molecule has 0 aromatic heterocycles. The molecule has 1 aromatic rings. The van der Waals surface area contributed by atoms with Crippen LogP contribution in [-0.2, 0) is 24.8 Å². The van der Waals surface area contributed by atoms with Crippen LogP contribution in [0.5, 0.6) is 0 Å². The van der Waals surface area contributed by atoms with Gasteiger partial charge in [0, 0.05) is 6.54 Å². The standard InChI is InChI=1S/C17H27N3O5S2/c1-13-11-14(20-16(21)17(2,3)12-26(20,22)23)7-8-15(13)27(24,25)18-9-6-10-19(4)5/h7-8,11,18H,6,9-10,12H2,1-5H3. The molecular weight excluding hydrogens is 390 g/mol. The third-order valence-electron chi connectivity index (χ3n) is 4.34. The summed E-state index contributed by atoms with van der Waals surface area (Å²) in [5.41, 5.74) is -0.471. The van der Waals surface area contributed by atoms with Crippen LogP contribution in [0.4, 0.5) is 5.69 Å². The Morgan fingerprint density at radius 3 is 2.37 bits per heavy atom. The monoisotopic (exact) mass is 417 g/mol. The van der Waals surface area contributed by atoms with Gasteiger partial charge in [0.2, 0.25) is 26.0 Å². The topological polar surface area (TPSA) is 104 Å². The molecule has 1 saturated heterocycles. The molecule has 10 heteroatoms. The number of hydrogen-bond donors (Lipinski definition) is 1. The van der Waals surface area contributed by atoms with Gasteiger partial charge in [0.25, 0.3) is 0 Å². The molecular formula is C17H27N3O5S2. The lowest BCUT2D eigenvalue weighted by Gasteiger charge is -2.19. The van der Waals surface area contributed by atoms with Gasteiger partial charge in [-0.15, -0.1) is 0 Å². The summed E-state index contributed by atoms with van der Waals surface area (Å²) in [5.74, 6) is -0.787. The Balaban J connectivity index is 2.27. The molecule has 0 radical (unpaired) electrons. The Kier molecular flexibility index (Phi) is 6.05. The van der Waals surface area contributed by atoms with Crippen molar-refractivity contribution in [1.82, 2.24) is 9.62 Å². The quantitative estimate of drug-likeness (QED) is 0.662. The summed E-state index contributed by atoms with van der Waals surface area (Å²) in [6.45, 7) is 5.79. The molecule has 0 bridgehead atoms. The smallest absolute Gasteiger partial charge is 0.247 e. The fourth-order valence-corrected chi connectivity index (χ4v) is 6.40. The average molecular weight is 418 g/mol. The van der Waals surface area contributed by atoms with Gasteiger partial charge in [0.15, 0.2) is 0 Å². The Morgan fingerprint density at radius 1 is 1.26 bits per heavy atom. The van der Waals surface area contributed by atoms with E-state index in [1.807, 2.05) is 19.0 Å². The zero-order valence-electron chi connectivity index (χ0n) is 16.3. The number of anilines is 1. The molecule has 2 rings (SSSR count). The van der Waals surface area contributed by atoms with E-state index in [1.54, 1.807) is 20.8 Å². The molecule has 0 saturated carbocycles. The normalized spacial score (nSPS) is 19.0. The van der Waals surface area contributed by atoms with Crippen LogP contribution in [0.3, 0.4) is 0 Å². The summed E-state index contributed by atoms with van der Waals surface area (Å²) in [6, 6.07) is 4.12. The summed E-state index contributed by atoms with van der Waals surface area (Å²) in [6.07, 6.45) is 0.666. The summed E-state index contributed by atoms with van der Waals surface area (Å²) in [7, 11) is -3.67. The molecule has 0 aliphatic carbocycles. The Hall–Kier alpha value is -1.49. The number of amides is 1. The van der Waals surface area contributed by atoms with Crippen LogP contribution in [0, 0.1) is 12.3 Å². The summed E-state index contributed by atoms with van der Waals surface area (Å²) in [5, 5.41) is 0. The lowest BCUT2D eigenvalue weighted by molar-refractivity contribution is -0.123. The highest BCUT2D eigenvalue weighted by atomic mass is 32.2. The van der Waals surface area contributed by atoms with Crippen LogP contribution in [0.2, 0.25) is 0 Å². The van der Waals surface area contributed by atoms with Crippen LogP contribution < -0.4 is 9.03 Å². The number of carbonyl (C=O) groups excluding carboxylic acids is 1. The molecule has 1 aliphatic heterocycles. The number of carbonyl (C=O) groups is 1. The van der Waals surface area contributed by atoms with Gasteiger partial charge in [-0.3, -0.25) is 4.79 Å². The van der Waals surface area contributed by atoms with E-state index in [4.69, 9.17) is 0 Å². The molecule has 8 nitrogen and oxygen atoms in total. The number of nitrogens with zero attached hydrogens (tertiary/aromatic N) is 2. The summed E-state index contributed by atoms with van der Waals surface area (Å²) < 4.78 is 53.1. The van der Waals surface area contributed by atoms with E-state index < -0.39 is 31.4 Å². The molecule has 0 atom stereocenters. The van der Waals surface area contributed by atoms with Gasteiger partial charge in [0.05, 0.1) is 21.8 Å². The van der Waals surface area contributed by atoms with Crippen LogP contribution in [0.15, 0.2) is 23.1 Å². The minimum absolute atomic E-state index is 0.0689. The van der Waals surface area contributed by atoms with E-state index in [0.29, 0.717) is 18.5 Å². The number of nitrogens with one attached hydrogen (secondary N) is 1. The van der Waals surface area contributed by atoms with Gasteiger partial charge in [-0.1, -0.05) is 0 Å². The maximum Gasteiger partial charge on any atom is 0.247 e. The predicted molar refractivity (Wildman–Crippen MR) is 105 cm³/mol. The highest BCUT2D eigenvalue weighted by Crippen LogP contribution is 2.36. The number of hydrogen-bond acceptors (Lipinski definition) is 6. The van der Waals surface area contributed by atoms with Crippen molar-refractivity contribution in [3.05, 3.63) is 23.8 Å². The molecule has 1 fully saturated rings. The maximum absolute atomic E-state index is 12.5. The third-order valence-corrected chi connectivity index (χ3v) is 7.98. The summed E-state index contributed by atoms with van der Waals surface area (Å²) in [4.78, 5) is 14.5. The fraction of sp³-hybridized carbons (Fsp3) is 0.588. The highest BCUT2D eigenvalue weighted by molar-refractivity contribution is 7.94. The second-order valence-corrected chi connectivity index (χ2v) is 11.3. The van der Waals surface area contributed by atoms with Crippen molar-refractivity contribution in [2.24, 2.45) is 5.41 Å². The van der Waals surface area contributed by atoms with E-state index in [9.17, 15) is 21.6 Å². The van der Waals surface area contributed by atoms with E-state index in [0.717, 1.165) is 10.8 Å². The zero-order chi connectivity index (χ0) is 20.6. The van der Waals surface area contributed by atoms with Crippen molar-refractivity contribution in [3.63, 3.8) is 0 Å². The fourth-order valence-electron chi connectivity index (χ4n) is 3.00. The van der Waals surface area contributed by atoms with Gasteiger partial charge >= 0.3 is 0 Å². The first kappa shape index (κ1) is 21.8. The van der Waals surface area contributed by atoms with Crippen LogP contribution in [0.1, 0.15) is 25.8 Å². The highest BCUT2D eigenvalue weighted by Gasteiger charge is 2.50. The average Bonchev–Trinajstić information content (AvgIpc) is 2.66. The molecule has 1 aliphatic rings. The van der Waals surface area contributed by atoms with Gasteiger partial charge in [0.1, 0.15) is 0 Å². The van der Waals surface area contributed by atoms with Gasteiger partial charge in [-0.25, -0.2) is 25.9 Å². The lowest BCUT2D eigenvalue weighted by atomic mass is 9.95. The SMILES string of the molecule is Cc1cc(N2C(=O)C(C)(C)CS2(=O)=O)ccc1S(=O)(=O)NCCCN(C)C.